The van der Waals surface area contributed by atoms with Crippen LogP contribution in [0.2, 0.25) is 5.02 Å². The second-order valence-electron chi connectivity index (χ2n) is 8.60. The van der Waals surface area contributed by atoms with Crippen LogP contribution < -0.4 is 14.2 Å². The molecule has 0 saturated carbocycles. The summed E-state index contributed by atoms with van der Waals surface area (Å²) < 4.78 is 16.8. The van der Waals surface area contributed by atoms with E-state index in [0.29, 0.717) is 18.7 Å². The predicted molar refractivity (Wildman–Crippen MR) is 130 cm³/mol. The van der Waals surface area contributed by atoms with E-state index in [9.17, 15) is 19.8 Å². The van der Waals surface area contributed by atoms with Crippen LogP contribution in [0.3, 0.4) is 0 Å². The highest BCUT2D eigenvalue weighted by atomic mass is 35.5. The Kier molecular flexibility index (Phi) is 6.51. The summed E-state index contributed by atoms with van der Waals surface area (Å²) in [5.41, 5.74) is -0.509. The molecule has 2 atom stereocenters. The van der Waals surface area contributed by atoms with Crippen LogP contribution in [-0.2, 0) is 11.2 Å². The Bertz CT molecular complexity index is 1270. The molecule has 9 heteroatoms. The Morgan fingerprint density at radius 1 is 1.17 bits per heavy atom. The zero-order valence-corrected chi connectivity index (χ0v) is 20.6. The average molecular weight is 500 g/mol. The van der Waals surface area contributed by atoms with Crippen molar-refractivity contribution in [2.24, 2.45) is 10.9 Å². The minimum Gasteiger partial charge on any atom is -0.508 e. The molecule has 35 heavy (non-hydrogen) atoms. The molecule has 0 amide bonds. The summed E-state index contributed by atoms with van der Waals surface area (Å²) in [6.45, 7) is 3.63. The number of fused-ring (bicyclic) bond motifs is 1. The third-order valence-corrected chi connectivity index (χ3v) is 6.88. The monoisotopic (exact) mass is 499 g/mol. The zero-order chi connectivity index (χ0) is 25.5. The third-order valence-electron chi connectivity index (χ3n) is 6.52. The number of carbonyl (C=O) groups is 2. The molecule has 2 N–H and O–H groups in total. The first-order valence-electron chi connectivity index (χ1n) is 11.1. The van der Waals surface area contributed by atoms with Crippen molar-refractivity contribution in [3.05, 3.63) is 57.8 Å². The van der Waals surface area contributed by atoms with Gasteiger partial charge in [-0.25, -0.2) is 0 Å². The summed E-state index contributed by atoms with van der Waals surface area (Å²) in [5.74, 6) is -1.35. The highest BCUT2D eigenvalue weighted by Crippen LogP contribution is 2.54. The molecule has 0 saturated heterocycles. The highest BCUT2D eigenvalue weighted by Gasteiger charge is 2.61. The highest BCUT2D eigenvalue weighted by molar-refractivity contribution is 6.35. The molecule has 1 spiro atoms. The first kappa shape index (κ1) is 24.6. The van der Waals surface area contributed by atoms with Crippen LogP contribution >= 0.6 is 11.6 Å². The fraction of sp³-hybridized carbons (Fsp3) is 0.346. The van der Waals surface area contributed by atoms with Crippen molar-refractivity contribution >= 4 is 28.9 Å². The first-order valence-corrected chi connectivity index (χ1v) is 11.5. The van der Waals surface area contributed by atoms with Gasteiger partial charge in [0.05, 0.1) is 19.8 Å². The minimum atomic E-state index is -1.83. The number of rotatable bonds is 6. The van der Waals surface area contributed by atoms with Crippen molar-refractivity contribution in [3.63, 3.8) is 0 Å². The standard InChI is InChI=1S/C26H26ClNO7/c1-13-11-17(30)20(14(2)28-10-9-15-5-7-16(29)8-6-15)24(31)26(13)25(32)21-18(33-3)12-19(34-4)22(27)23(21)35-26/h5-8,12-13,29,31H,9-11H2,1-4H3/t13-,26+/m1/s1. The molecule has 1 aliphatic heterocycles. The van der Waals surface area contributed by atoms with E-state index in [1.807, 2.05) is 0 Å². The Labute approximate surface area is 207 Å². The summed E-state index contributed by atoms with van der Waals surface area (Å²) in [4.78, 5) is 31.2. The predicted octanol–water partition coefficient (Wildman–Crippen LogP) is 4.50. The number of aliphatic hydroxyl groups excluding tert-OH is 1. The Balaban J connectivity index is 1.74. The number of ketones is 2. The number of hydrogen-bond acceptors (Lipinski definition) is 8. The maximum absolute atomic E-state index is 13.8. The zero-order valence-electron chi connectivity index (χ0n) is 19.8. The van der Waals surface area contributed by atoms with Gasteiger partial charge in [-0.15, -0.1) is 0 Å². The summed E-state index contributed by atoms with van der Waals surface area (Å²) in [6, 6.07) is 8.23. The minimum absolute atomic E-state index is 0.0268. The lowest BCUT2D eigenvalue weighted by atomic mass is 9.72. The molecule has 1 heterocycles. The van der Waals surface area contributed by atoms with E-state index in [4.69, 9.17) is 25.8 Å². The van der Waals surface area contributed by atoms with E-state index >= 15 is 0 Å². The van der Waals surface area contributed by atoms with Gasteiger partial charge in [0.1, 0.15) is 27.8 Å². The van der Waals surface area contributed by atoms with Gasteiger partial charge >= 0.3 is 0 Å². The molecule has 4 rings (SSSR count). The molecule has 1 aliphatic carbocycles. The van der Waals surface area contributed by atoms with E-state index in [1.54, 1.807) is 38.1 Å². The lowest BCUT2D eigenvalue weighted by Gasteiger charge is -2.37. The number of nitrogens with zero attached hydrogens (tertiary/aromatic N) is 1. The molecule has 2 aromatic carbocycles. The van der Waals surface area contributed by atoms with Crippen LogP contribution in [0.25, 0.3) is 0 Å². The molecule has 0 bridgehead atoms. The van der Waals surface area contributed by atoms with Crippen LogP contribution in [-0.4, -0.2) is 53.9 Å². The first-order chi connectivity index (χ1) is 16.6. The van der Waals surface area contributed by atoms with Crippen LogP contribution in [0.4, 0.5) is 0 Å². The number of phenolic OH excluding ortho intramolecular Hbond substituents is 1. The van der Waals surface area contributed by atoms with Crippen molar-refractivity contribution in [1.82, 2.24) is 0 Å². The third kappa shape index (κ3) is 3.91. The van der Waals surface area contributed by atoms with Gasteiger partial charge in [-0.2, -0.15) is 0 Å². The Morgan fingerprint density at radius 3 is 2.46 bits per heavy atom. The maximum Gasteiger partial charge on any atom is 0.231 e. The van der Waals surface area contributed by atoms with Gasteiger partial charge in [0.25, 0.3) is 0 Å². The number of methoxy groups -OCH3 is 2. The Hall–Kier alpha value is -3.52. The second-order valence-corrected chi connectivity index (χ2v) is 8.98. The van der Waals surface area contributed by atoms with E-state index in [2.05, 4.69) is 4.99 Å². The maximum atomic E-state index is 13.8. The van der Waals surface area contributed by atoms with Crippen LogP contribution in [0.1, 0.15) is 36.2 Å². The normalized spacial score (nSPS) is 21.9. The van der Waals surface area contributed by atoms with Crippen LogP contribution in [0, 0.1) is 5.92 Å². The van der Waals surface area contributed by atoms with E-state index in [1.165, 1.54) is 20.3 Å². The lowest BCUT2D eigenvalue weighted by Crippen LogP contribution is -2.53. The summed E-state index contributed by atoms with van der Waals surface area (Å²) in [5, 5.41) is 20.9. The van der Waals surface area contributed by atoms with E-state index in [0.717, 1.165) is 5.56 Å². The van der Waals surface area contributed by atoms with Gasteiger partial charge in [0, 0.05) is 30.7 Å². The van der Waals surface area contributed by atoms with Crippen LogP contribution in [0.15, 0.2) is 46.7 Å². The summed E-state index contributed by atoms with van der Waals surface area (Å²) >= 11 is 6.45. The lowest BCUT2D eigenvalue weighted by molar-refractivity contribution is -0.118. The van der Waals surface area contributed by atoms with Gasteiger partial charge in [0.2, 0.25) is 11.4 Å². The number of hydrogen-bond donors (Lipinski definition) is 2. The number of allylic oxidation sites excluding steroid dienone is 1. The molecular formula is C26H26ClNO7. The summed E-state index contributed by atoms with van der Waals surface area (Å²) in [7, 11) is 2.83. The van der Waals surface area contributed by atoms with Gasteiger partial charge in [-0.05, 0) is 31.0 Å². The fourth-order valence-electron chi connectivity index (χ4n) is 4.62. The van der Waals surface area contributed by atoms with Crippen molar-refractivity contribution in [2.45, 2.75) is 32.3 Å². The number of carbonyl (C=O) groups excluding carboxylic acids is 2. The molecule has 2 aliphatic rings. The van der Waals surface area contributed by atoms with Crippen molar-refractivity contribution < 1.29 is 34.0 Å². The van der Waals surface area contributed by atoms with Gasteiger partial charge < -0.3 is 24.4 Å². The second kappa shape index (κ2) is 9.26. The number of aliphatic hydroxyl groups is 1. The Morgan fingerprint density at radius 2 is 1.83 bits per heavy atom. The summed E-state index contributed by atoms with van der Waals surface area (Å²) in [6.07, 6.45) is 0.538. The molecule has 0 fully saturated rings. The molecule has 8 nitrogen and oxygen atoms in total. The molecule has 0 radical (unpaired) electrons. The van der Waals surface area contributed by atoms with E-state index in [-0.39, 0.29) is 51.4 Å². The topological polar surface area (TPSA) is 115 Å². The van der Waals surface area contributed by atoms with Crippen molar-refractivity contribution in [2.75, 3.05) is 20.8 Å². The molecule has 184 valence electrons. The molecule has 2 aromatic rings. The van der Waals surface area contributed by atoms with Gasteiger partial charge in [0.15, 0.2) is 17.3 Å². The molecular weight excluding hydrogens is 474 g/mol. The smallest absolute Gasteiger partial charge is 0.231 e. The SMILES string of the molecule is COc1cc(OC)c2c(c1Cl)O[C@]1(C2=O)C(O)=C(C(C)=NCCc2ccc(O)cc2)C(=O)C[C@H]1C. The number of aromatic hydroxyl groups is 1. The number of benzene rings is 2. The number of Topliss-reactive ketones (excluding diaryl/α,β-unsaturated/α-hetero) is 2. The van der Waals surface area contributed by atoms with Gasteiger partial charge in [-0.1, -0.05) is 30.7 Å². The van der Waals surface area contributed by atoms with Gasteiger partial charge in [-0.3, -0.25) is 14.6 Å². The molecule has 0 aromatic heterocycles. The average Bonchev–Trinajstić information content (AvgIpc) is 3.14. The van der Waals surface area contributed by atoms with Crippen molar-refractivity contribution in [1.29, 1.82) is 0 Å². The van der Waals surface area contributed by atoms with E-state index < -0.39 is 23.1 Å². The quantitative estimate of drug-likeness (QED) is 0.562. The number of phenols is 1. The molecule has 0 unspecified atom stereocenters. The number of halogens is 1. The number of ether oxygens (including phenoxy) is 3. The number of aliphatic imine (C=N–C) groups is 1. The van der Waals surface area contributed by atoms with Crippen LogP contribution in [0.5, 0.6) is 23.0 Å². The van der Waals surface area contributed by atoms with Crippen molar-refractivity contribution in [3.8, 4) is 23.0 Å². The largest absolute Gasteiger partial charge is 0.508 e. The fourth-order valence-corrected chi connectivity index (χ4v) is 4.89.